The lowest BCUT2D eigenvalue weighted by Gasteiger charge is -2.12. The van der Waals surface area contributed by atoms with Crippen LogP contribution in [-0.2, 0) is 19.4 Å². The minimum absolute atomic E-state index is 0.307. The molecule has 1 aromatic carbocycles. The molecule has 2 N–H and O–H groups in total. The molecule has 3 nitrogen and oxygen atoms in total. The van der Waals surface area contributed by atoms with E-state index in [0.717, 1.165) is 25.9 Å². The van der Waals surface area contributed by atoms with Crippen molar-refractivity contribution in [2.75, 3.05) is 11.9 Å². The lowest BCUT2D eigenvalue weighted by molar-refractivity contribution is 0.572. The maximum atomic E-state index is 4.50. The van der Waals surface area contributed by atoms with Crippen molar-refractivity contribution in [2.24, 2.45) is 0 Å². The zero-order chi connectivity index (χ0) is 13.9. The molecule has 3 rings (SSSR count). The molecule has 4 heteroatoms. The predicted octanol–water partition coefficient (Wildman–Crippen LogP) is 3.52. The van der Waals surface area contributed by atoms with Gasteiger partial charge in [-0.05, 0) is 37.0 Å². The van der Waals surface area contributed by atoms with Crippen molar-refractivity contribution in [3.63, 3.8) is 0 Å². The summed E-state index contributed by atoms with van der Waals surface area (Å²) in [6.45, 7) is 6.31. The van der Waals surface area contributed by atoms with Crippen LogP contribution in [0.5, 0.6) is 0 Å². The fourth-order valence-corrected chi connectivity index (χ4v) is 3.38. The fourth-order valence-electron chi connectivity index (χ4n) is 2.49. The van der Waals surface area contributed by atoms with Gasteiger partial charge in [0.05, 0.1) is 6.04 Å². The molecule has 1 aromatic heterocycles. The zero-order valence-electron chi connectivity index (χ0n) is 12.1. The van der Waals surface area contributed by atoms with E-state index in [-0.39, 0.29) is 0 Å². The van der Waals surface area contributed by atoms with E-state index in [1.807, 2.05) is 17.5 Å². The number of hydrogen-bond acceptors (Lipinski definition) is 4. The van der Waals surface area contributed by atoms with Gasteiger partial charge in [0.2, 0.25) is 0 Å². The summed E-state index contributed by atoms with van der Waals surface area (Å²) in [5, 5.41) is 8.18. The normalized spacial score (nSPS) is 14.9. The van der Waals surface area contributed by atoms with E-state index in [1.54, 1.807) is 0 Å². The Morgan fingerprint density at radius 2 is 2.35 bits per heavy atom. The standard InChI is InChI=1S/C16H21N3S/c1-3-14-10-19-16(20-14)11(2)18-9-12-4-5-13-6-7-17-15(13)8-12/h4-5,8,10-11,17-18H,3,6-7,9H2,1-2H3. The average molecular weight is 287 g/mol. The Balaban J connectivity index is 1.61. The largest absolute Gasteiger partial charge is 0.384 e. The first kappa shape index (κ1) is 13.6. The molecule has 2 aromatic rings. The number of benzene rings is 1. The van der Waals surface area contributed by atoms with Gasteiger partial charge in [-0.15, -0.1) is 11.3 Å². The molecule has 0 aliphatic carbocycles. The SMILES string of the molecule is CCc1cnc(C(C)NCc2ccc3c(c2)NCC3)s1. The Kier molecular flexibility index (Phi) is 4.03. The van der Waals surface area contributed by atoms with Crippen LogP contribution in [0, 0.1) is 0 Å². The van der Waals surface area contributed by atoms with Gasteiger partial charge in [0.1, 0.15) is 5.01 Å². The summed E-state index contributed by atoms with van der Waals surface area (Å²) in [5.41, 5.74) is 4.08. The number of fused-ring (bicyclic) bond motifs is 1. The van der Waals surface area contributed by atoms with E-state index >= 15 is 0 Å². The molecule has 0 saturated heterocycles. The Bertz CT molecular complexity index is 591. The Hall–Kier alpha value is -1.39. The lowest BCUT2D eigenvalue weighted by Crippen LogP contribution is -2.17. The first-order valence-electron chi connectivity index (χ1n) is 7.30. The summed E-state index contributed by atoms with van der Waals surface area (Å²) >= 11 is 1.81. The van der Waals surface area contributed by atoms with Gasteiger partial charge in [0.15, 0.2) is 0 Å². The second-order valence-electron chi connectivity index (χ2n) is 5.29. The Morgan fingerprint density at radius 1 is 1.45 bits per heavy atom. The highest BCUT2D eigenvalue weighted by molar-refractivity contribution is 7.11. The molecule has 1 atom stereocenters. The fraction of sp³-hybridized carbons (Fsp3) is 0.438. The first-order chi connectivity index (χ1) is 9.76. The molecule has 0 amide bonds. The van der Waals surface area contributed by atoms with Crippen LogP contribution in [0.1, 0.15) is 40.9 Å². The highest BCUT2D eigenvalue weighted by Crippen LogP contribution is 2.24. The molecule has 0 spiro atoms. The highest BCUT2D eigenvalue weighted by Gasteiger charge is 2.12. The minimum Gasteiger partial charge on any atom is -0.384 e. The van der Waals surface area contributed by atoms with Crippen LogP contribution in [0.2, 0.25) is 0 Å². The van der Waals surface area contributed by atoms with Crippen molar-refractivity contribution in [3.8, 4) is 0 Å². The molecule has 1 unspecified atom stereocenters. The smallest absolute Gasteiger partial charge is 0.109 e. The van der Waals surface area contributed by atoms with Crippen molar-refractivity contribution in [1.29, 1.82) is 0 Å². The molecule has 0 saturated carbocycles. The molecule has 0 radical (unpaired) electrons. The molecule has 106 valence electrons. The van der Waals surface area contributed by atoms with Gasteiger partial charge in [0, 0.05) is 29.9 Å². The van der Waals surface area contributed by atoms with Crippen molar-refractivity contribution >= 4 is 17.0 Å². The number of rotatable bonds is 5. The van der Waals surface area contributed by atoms with Gasteiger partial charge >= 0.3 is 0 Å². The van der Waals surface area contributed by atoms with Crippen LogP contribution in [0.15, 0.2) is 24.4 Å². The number of anilines is 1. The maximum absolute atomic E-state index is 4.50. The van der Waals surface area contributed by atoms with Crippen molar-refractivity contribution in [2.45, 2.75) is 39.3 Å². The maximum Gasteiger partial charge on any atom is 0.109 e. The quantitative estimate of drug-likeness (QED) is 0.883. The minimum atomic E-state index is 0.307. The van der Waals surface area contributed by atoms with E-state index < -0.39 is 0 Å². The molecule has 1 aliphatic heterocycles. The third-order valence-electron chi connectivity index (χ3n) is 3.79. The summed E-state index contributed by atoms with van der Waals surface area (Å²) in [6.07, 6.45) is 4.22. The third kappa shape index (κ3) is 2.86. The molecule has 20 heavy (non-hydrogen) atoms. The molecule has 0 bridgehead atoms. The summed E-state index contributed by atoms with van der Waals surface area (Å²) in [7, 11) is 0. The molecule has 0 fully saturated rings. The van der Waals surface area contributed by atoms with Crippen LogP contribution in [0.25, 0.3) is 0 Å². The summed E-state index contributed by atoms with van der Waals surface area (Å²) in [5.74, 6) is 0. The third-order valence-corrected chi connectivity index (χ3v) is 5.11. The molecule has 1 aliphatic rings. The van der Waals surface area contributed by atoms with Gasteiger partial charge in [-0.3, -0.25) is 0 Å². The number of thiazole rings is 1. The lowest BCUT2D eigenvalue weighted by atomic mass is 10.1. The average Bonchev–Trinajstić information content (AvgIpc) is 3.12. The van der Waals surface area contributed by atoms with Crippen molar-refractivity contribution < 1.29 is 0 Å². The summed E-state index contributed by atoms with van der Waals surface area (Å²) in [4.78, 5) is 5.86. The van der Waals surface area contributed by atoms with E-state index in [2.05, 4.69) is 47.7 Å². The van der Waals surface area contributed by atoms with E-state index in [1.165, 1.54) is 26.7 Å². The molecular weight excluding hydrogens is 266 g/mol. The van der Waals surface area contributed by atoms with Crippen LogP contribution in [0.3, 0.4) is 0 Å². The Morgan fingerprint density at radius 3 is 3.15 bits per heavy atom. The van der Waals surface area contributed by atoms with Gasteiger partial charge in [-0.1, -0.05) is 19.1 Å². The van der Waals surface area contributed by atoms with Crippen LogP contribution >= 0.6 is 11.3 Å². The van der Waals surface area contributed by atoms with Gasteiger partial charge in [-0.25, -0.2) is 4.98 Å². The zero-order valence-corrected chi connectivity index (χ0v) is 12.9. The van der Waals surface area contributed by atoms with Crippen molar-refractivity contribution in [3.05, 3.63) is 45.4 Å². The monoisotopic (exact) mass is 287 g/mol. The van der Waals surface area contributed by atoms with Crippen molar-refractivity contribution in [1.82, 2.24) is 10.3 Å². The van der Waals surface area contributed by atoms with E-state index in [0.29, 0.717) is 6.04 Å². The molecule has 2 heterocycles. The first-order valence-corrected chi connectivity index (χ1v) is 8.11. The number of nitrogens with one attached hydrogen (secondary N) is 2. The number of aromatic nitrogens is 1. The predicted molar refractivity (Wildman–Crippen MR) is 85.4 cm³/mol. The highest BCUT2D eigenvalue weighted by atomic mass is 32.1. The number of nitrogens with zero attached hydrogens (tertiary/aromatic N) is 1. The van der Waals surface area contributed by atoms with Crippen LogP contribution in [-0.4, -0.2) is 11.5 Å². The second-order valence-corrected chi connectivity index (χ2v) is 6.44. The van der Waals surface area contributed by atoms with Gasteiger partial charge in [0.25, 0.3) is 0 Å². The molecular formula is C16H21N3S. The van der Waals surface area contributed by atoms with E-state index in [4.69, 9.17) is 0 Å². The van der Waals surface area contributed by atoms with Gasteiger partial charge in [-0.2, -0.15) is 0 Å². The number of hydrogen-bond donors (Lipinski definition) is 2. The Labute approximate surface area is 124 Å². The van der Waals surface area contributed by atoms with Crippen LogP contribution in [0.4, 0.5) is 5.69 Å². The topological polar surface area (TPSA) is 37.0 Å². The second kappa shape index (κ2) is 5.94. The van der Waals surface area contributed by atoms with Crippen LogP contribution < -0.4 is 10.6 Å². The summed E-state index contributed by atoms with van der Waals surface area (Å²) < 4.78 is 0. The van der Waals surface area contributed by atoms with Gasteiger partial charge < -0.3 is 10.6 Å². The summed E-state index contributed by atoms with van der Waals surface area (Å²) in [6, 6.07) is 7.04. The van der Waals surface area contributed by atoms with E-state index in [9.17, 15) is 0 Å². The number of aryl methyl sites for hydroxylation is 1.